The summed E-state index contributed by atoms with van der Waals surface area (Å²) >= 11 is 0. The van der Waals surface area contributed by atoms with Gasteiger partial charge in [-0.15, -0.1) is 0 Å². The van der Waals surface area contributed by atoms with Gasteiger partial charge in [-0.3, -0.25) is 0 Å². The van der Waals surface area contributed by atoms with Gasteiger partial charge in [0.05, 0.1) is 0 Å². The molecule has 5 nitrogen and oxygen atoms in total. The minimum absolute atomic E-state index is 0.436. The number of aryl methyl sites for hydroxylation is 1. The zero-order valence-corrected chi connectivity index (χ0v) is 13.5. The second kappa shape index (κ2) is 6.38. The van der Waals surface area contributed by atoms with E-state index in [0.717, 1.165) is 38.3 Å². The topological polar surface area (TPSA) is 44.3 Å². The van der Waals surface area contributed by atoms with Crippen molar-refractivity contribution in [1.29, 1.82) is 0 Å². The molecule has 2 heterocycles. The largest absolute Gasteiger partial charge is 0.313 e. The molecule has 1 fully saturated rings. The van der Waals surface area contributed by atoms with E-state index in [0.29, 0.717) is 12.1 Å². The third-order valence-electron chi connectivity index (χ3n) is 4.98. The molecule has 2 atom stereocenters. The quantitative estimate of drug-likeness (QED) is 0.894. The van der Waals surface area contributed by atoms with Crippen molar-refractivity contribution in [2.24, 2.45) is 0 Å². The molecule has 21 heavy (non-hydrogen) atoms. The van der Waals surface area contributed by atoms with E-state index in [1.807, 2.05) is 7.05 Å². The molecular weight excluding hydrogens is 262 g/mol. The van der Waals surface area contributed by atoms with Crippen LogP contribution in [0.1, 0.15) is 36.0 Å². The maximum absolute atomic E-state index is 4.87. The van der Waals surface area contributed by atoms with Gasteiger partial charge in [-0.2, -0.15) is 0 Å². The zero-order chi connectivity index (χ0) is 14.8. The van der Waals surface area contributed by atoms with E-state index < -0.39 is 0 Å². The van der Waals surface area contributed by atoms with Crippen LogP contribution in [0.5, 0.6) is 0 Å². The molecule has 2 aliphatic rings. The fraction of sp³-hybridized carbons (Fsp3) is 0.750. The Morgan fingerprint density at radius 2 is 2.19 bits per heavy atom. The Kier molecular flexibility index (Phi) is 4.52. The molecule has 0 aromatic carbocycles. The van der Waals surface area contributed by atoms with Crippen LogP contribution < -0.4 is 5.32 Å². The molecule has 5 heteroatoms. The Morgan fingerprint density at radius 1 is 1.33 bits per heavy atom. The van der Waals surface area contributed by atoms with Gasteiger partial charge in [-0.25, -0.2) is 9.97 Å². The summed E-state index contributed by atoms with van der Waals surface area (Å²) in [6, 6.07) is 0.969. The Morgan fingerprint density at radius 3 is 3.00 bits per heavy atom. The van der Waals surface area contributed by atoms with E-state index in [4.69, 9.17) is 4.98 Å². The number of likely N-dealkylation sites (N-methyl/N-ethyl adjacent to an activating group) is 2. The molecule has 0 spiro atoms. The summed E-state index contributed by atoms with van der Waals surface area (Å²) in [7, 11) is 6.44. The van der Waals surface area contributed by atoms with Crippen molar-refractivity contribution in [3.05, 3.63) is 23.3 Å². The van der Waals surface area contributed by atoms with Gasteiger partial charge in [-0.05, 0) is 40.4 Å². The molecule has 116 valence electrons. The molecule has 3 rings (SSSR count). The molecule has 0 amide bonds. The van der Waals surface area contributed by atoms with Crippen molar-refractivity contribution in [3.8, 4) is 0 Å². The number of hydrogen-bond donors (Lipinski definition) is 1. The molecular formula is C16H27N5. The number of hydrogen-bond acceptors (Lipinski definition) is 5. The predicted octanol–water partition coefficient (Wildman–Crippen LogP) is 0.862. The lowest BCUT2D eigenvalue weighted by molar-refractivity contribution is 0.113. The Labute approximate surface area is 127 Å². The minimum atomic E-state index is 0.436. The molecule has 1 aliphatic carbocycles. The fourth-order valence-electron chi connectivity index (χ4n) is 3.52. The summed E-state index contributed by atoms with van der Waals surface area (Å²) in [5.74, 6) is 1.01. The summed E-state index contributed by atoms with van der Waals surface area (Å²) in [5, 5.41) is 3.38. The van der Waals surface area contributed by atoms with Crippen LogP contribution in [0, 0.1) is 0 Å². The first-order valence-electron chi connectivity index (χ1n) is 8.08. The van der Waals surface area contributed by atoms with Crippen LogP contribution in [0.4, 0.5) is 0 Å². The molecule has 1 aromatic rings. The number of nitrogens with zero attached hydrogens (tertiary/aromatic N) is 4. The van der Waals surface area contributed by atoms with Gasteiger partial charge in [0.1, 0.15) is 5.82 Å². The highest BCUT2D eigenvalue weighted by atomic mass is 15.3. The van der Waals surface area contributed by atoms with E-state index in [9.17, 15) is 0 Å². The predicted molar refractivity (Wildman–Crippen MR) is 84.4 cm³/mol. The van der Waals surface area contributed by atoms with Crippen molar-refractivity contribution in [2.45, 2.75) is 37.8 Å². The molecule has 0 radical (unpaired) electrons. The maximum Gasteiger partial charge on any atom is 0.130 e. The maximum atomic E-state index is 4.87. The first-order chi connectivity index (χ1) is 10.2. The third kappa shape index (κ3) is 3.25. The number of fused-ring (bicyclic) bond motifs is 1. The van der Waals surface area contributed by atoms with Crippen LogP contribution in [-0.2, 0) is 12.8 Å². The molecule has 2 unspecified atom stereocenters. The lowest BCUT2D eigenvalue weighted by Gasteiger charge is -2.37. The second-order valence-corrected chi connectivity index (χ2v) is 6.52. The highest BCUT2D eigenvalue weighted by Crippen LogP contribution is 2.27. The monoisotopic (exact) mass is 289 g/mol. The first-order valence-corrected chi connectivity index (χ1v) is 8.08. The van der Waals surface area contributed by atoms with Gasteiger partial charge in [0.25, 0.3) is 0 Å². The first kappa shape index (κ1) is 14.9. The standard InChI is InChI=1S/C16H27N5/c1-17-14-5-4-6-15-13(14)10-18-16(19-15)9-12-11-20(2)7-8-21(12)3/h10,12,14,17H,4-9,11H2,1-3H3. The normalized spacial score (nSPS) is 27.6. The van der Waals surface area contributed by atoms with Crippen molar-refractivity contribution < 1.29 is 0 Å². The van der Waals surface area contributed by atoms with Crippen LogP contribution >= 0.6 is 0 Å². The van der Waals surface area contributed by atoms with E-state index in [1.165, 1.54) is 24.1 Å². The van der Waals surface area contributed by atoms with Crippen LogP contribution in [0.15, 0.2) is 6.20 Å². The van der Waals surface area contributed by atoms with Gasteiger partial charge in [0, 0.05) is 55.6 Å². The highest BCUT2D eigenvalue weighted by molar-refractivity contribution is 5.24. The molecule has 1 N–H and O–H groups in total. The Bertz CT molecular complexity index is 490. The van der Waals surface area contributed by atoms with E-state index in [-0.39, 0.29) is 0 Å². The summed E-state index contributed by atoms with van der Waals surface area (Å²) in [5.41, 5.74) is 2.57. The fourth-order valence-corrected chi connectivity index (χ4v) is 3.52. The lowest BCUT2D eigenvalue weighted by atomic mass is 9.92. The molecule has 1 aromatic heterocycles. The summed E-state index contributed by atoms with van der Waals surface area (Å²) in [6.45, 7) is 3.39. The van der Waals surface area contributed by atoms with Crippen LogP contribution in [-0.4, -0.2) is 66.6 Å². The number of piperazine rings is 1. The average molecular weight is 289 g/mol. The lowest BCUT2D eigenvalue weighted by Crippen LogP contribution is -2.51. The summed E-state index contributed by atoms with van der Waals surface area (Å²) in [6.07, 6.45) is 6.54. The van der Waals surface area contributed by atoms with Gasteiger partial charge in [-0.1, -0.05) is 0 Å². The summed E-state index contributed by atoms with van der Waals surface area (Å²) < 4.78 is 0. The Balaban J connectivity index is 1.74. The Hall–Kier alpha value is -1.04. The number of rotatable bonds is 3. The van der Waals surface area contributed by atoms with Crippen molar-refractivity contribution in [1.82, 2.24) is 25.1 Å². The average Bonchev–Trinajstić information content (AvgIpc) is 2.50. The van der Waals surface area contributed by atoms with Crippen LogP contribution in [0.2, 0.25) is 0 Å². The molecule has 1 aliphatic heterocycles. The van der Waals surface area contributed by atoms with Crippen molar-refractivity contribution in [3.63, 3.8) is 0 Å². The zero-order valence-electron chi connectivity index (χ0n) is 13.5. The molecule has 1 saturated heterocycles. The highest BCUT2D eigenvalue weighted by Gasteiger charge is 2.25. The van der Waals surface area contributed by atoms with Gasteiger partial charge in [0.15, 0.2) is 0 Å². The molecule has 0 saturated carbocycles. The van der Waals surface area contributed by atoms with Crippen molar-refractivity contribution in [2.75, 3.05) is 40.8 Å². The SMILES string of the molecule is CNC1CCCc2nc(CC3CN(C)CCN3C)ncc21. The van der Waals surface area contributed by atoms with E-state index in [1.54, 1.807) is 0 Å². The molecule has 0 bridgehead atoms. The third-order valence-corrected chi connectivity index (χ3v) is 4.98. The van der Waals surface area contributed by atoms with Crippen LogP contribution in [0.3, 0.4) is 0 Å². The van der Waals surface area contributed by atoms with Gasteiger partial charge >= 0.3 is 0 Å². The summed E-state index contributed by atoms with van der Waals surface area (Å²) in [4.78, 5) is 14.4. The number of aromatic nitrogens is 2. The number of nitrogens with one attached hydrogen (secondary N) is 1. The van der Waals surface area contributed by atoms with Gasteiger partial charge < -0.3 is 15.1 Å². The van der Waals surface area contributed by atoms with Crippen LogP contribution in [0.25, 0.3) is 0 Å². The van der Waals surface area contributed by atoms with Gasteiger partial charge in [0.2, 0.25) is 0 Å². The minimum Gasteiger partial charge on any atom is -0.313 e. The van der Waals surface area contributed by atoms with E-state index >= 15 is 0 Å². The van der Waals surface area contributed by atoms with Crippen molar-refractivity contribution >= 4 is 0 Å². The smallest absolute Gasteiger partial charge is 0.130 e. The van der Waals surface area contributed by atoms with E-state index in [2.05, 4.69) is 40.4 Å². The second-order valence-electron chi connectivity index (χ2n) is 6.52.